The molecule has 0 unspecified atom stereocenters. The van der Waals surface area contributed by atoms with Gasteiger partial charge in [0.25, 0.3) is 0 Å². The maximum atomic E-state index is 12.7. The van der Waals surface area contributed by atoms with E-state index >= 15 is 0 Å². The first-order chi connectivity index (χ1) is 10.8. The van der Waals surface area contributed by atoms with E-state index in [1.54, 1.807) is 0 Å². The minimum Gasteiger partial charge on any atom is -0.338 e. The Morgan fingerprint density at radius 3 is 2.57 bits per heavy atom. The number of amides is 2. The van der Waals surface area contributed by atoms with E-state index in [1.165, 1.54) is 0 Å². The van der Waals surface area contributed by atoms with Crippen molar-refractivity contribution in [2.75, 3.05) is 11.9 Å². The molecule has 130 valence electrons. The quantitative estimate of drug-likeness (QED) is 0.651. The summed E-state index contributed by atoms with van der Waals surface area (Å²) >= 11 is 5.84. The van der Waals surface area contributed by atoms with Crippen molar-refractivity contribution in [2.24, 2.45) is 5.92 Å². The Labute approximate surface area is 139 Å². The van der Waals surface area contributed by atoms with Gasteiger partial charge in [0.1, 0.15) is 0 Å². The summed E-state index contributed by atoms with van der Waals surface area (Å²) in [5.74, 6) is 0.359. The van der Waals surface area contributed by atoms with Gasteiger partial charge in [0.05, 0.1) is 16.3 Å². The second-order valence-electron chi connectivity index (χ2n) is 5.44. The van der Waals surface area contributed by atoms with E-state index in [2.05, 4.69) is 17.6 Å². The Kier molecular flexibility index (Phi) is 7.68. The molecule has 7 heteroatoms. The fourth-order valence-electron chi connectivity index (χ4n) is 2.14. The zero-order chi connectivity index (χ0) is 17.5. The van der Waals surface area contributed by atoms with E-state index < -0.39 is 17.8 Å². The van der Waals surface area contributed by atoms with Gasteiger partial charge < -0.3 is 10.6 Å². The molecular weight excluding hydrogens is 329 g/mol. The van der Waals surface area contributed by atoms with E-state index in [4.69, 9.17) is 11.6 Å². The molecule has 1 aromatic rings. The van der Waals surface area contributed by atoms with Gasteiger partial charge in [0.2, 0.25) is 0 Å². The molecule has 0 fully saturated rings. The van der Waals surface area contributed by atoms with Crippen LogP contribution in [0.25, 0.3) is 0 Å². The molecule has 0 heterocycles. The summed E-state index contributed by atoms with van der Waals surface area (Å²) in [5, 5.41) is 5.12. The van der Waals surface area contributed by atoms with Crippen molar-refractivity contribution in [1.82, 2.24) is 5.32 Å². The van der Waals surface area contributed by atoms with Crippen LogP contribution in [0.4, 0.5) is 23.7 Å². The third kappa shape index (κ3) is 6.69. The number of hydrogen-bond acceptors (Lipinski definition) is 1. The minimum atomic E-state index is -4.48. The van der Waals surface area contributed by atoms with Crippen molar-refractivity contribution in [3.63, 3.8) is 0 Å². The molecule has 1 rings (SSSR count). The predicted molar refractivity (Wildman–Crippen MR) is 86.8 cm³/mol. The Hall–Kier alpha value is -1.43. The molecule has 0 spiro atoms. The summed E-state index contributed by atoms with van der Waals surface area (Å²) in [7, 11) is 0. The van der Waals surface area contributed by atoms with Crippen molar-refractivity contribution in [3.05, 3.63) is 28.8 Å². The van der Waals surface area contributed by atoms with Crippen LogP contribution in [-0.2, 0) is 6.18 Å². The number of carbonyl (C=O) groups excluding carboxylic acids is 1. The number of unbranched alkanes of at least 4 members (excludes halogenated alkanes) is 1. The molecule has 0 aliphatic carbocycles. The highest BCUT2D eigenvalue weighted by molar-refractivity contribution is 6.33. The van der Waals surface area contributed by atoms with Gasteiger partial charge in [-0.2, -0.15) is 13.2 Å². The SMILES string of the molecule is CCCC[C@H](CC)CNC(=O)Nc1cc(C(F)(F)F)ccc1Cl. The van der Waals surface area contributed by atoms with Crippen molar-refractivity contribution >= 4 is 23.3 Å². The van der Waals surface area contributed by atoms with Crippen LogP contribution in [0.15, 0.2) is 18.2 Å². The highest BCUT2D eigenvalue weighted by Gasteiger charge is 2.31. The second-order valence-corrected chi connectivity index (χ2v) is 5.85. The third-order valence-electron chi connectivity index (χ3n) is 3.64. The van der Waals surface area contributed by atoms with E-state index in [-0.39, 0.29) is 10.7 Å². The molecule has 1 atom stereocenters. The van der Waals surface area contributed by atoms with Crippen molar-refractivity contribution in [1.29, 1.82) is 0 Å². The molecule has 0 saturated heterocycles. The molecule has 0 aliphatic rings. The van der Waals surface area contributed by atoms with Gasteiger partial charge in [-0.1, -0.05) is 44.7 Å². The molecular formula is C16H22ClF3N2O. The summed E-state index contributed by atoms with van der Waals surface area (Å²) in [5.41, 5.74) is -0.910. The second kappa shape index (κ2) is 9.01. The molecule has 3 nitrogen and oxygen atoms in total. The summed E-state index contributed by atoms with van der Waals surface area (Å²) in [6.45, 7) is 4.63. The number of carbonyl (C=O) groups is 1. The highest BCUT2D eigenvalue weighted by Crippen LogP contribution is 2.33. The van der Waals surface area contributed by atoms with Crippen LogP contribution in [0.1, 0.15) is 45.1 Å². The molecule has 2 N–H and O–H groups in total. The van der Waals surface area contributed by atoms with E-state index in [9.17, 15) is 18.0 Å². The minimum absolute atomic E-state index is 0.0550. The summed E-state index contributed by atoms with van der Waals surface area (Å²) in [4.78, 5) is 11.9. The maximum Gasteiger partial charge on any atom is 0.416 e. The first kappa shape index (κ1) is 19.6. The molecule has 0 aromatic heterocycles. The van der Waals surface area contributed by atoms with E-state index in [0.29, 0.717) is 12.5 Å². The van der Waals surface area contributed by atoms with Gasteiger partial charge in [0, 0.05) is 6.54 Å². The summed E-state index contributed by atoms with van der Waals surface area (Å²) in [6, 6.07) is 2.27. The zero-order valence-electron chi connectivity index (χ0n) is 13.3. The fourth-order valence-corrected chi connectivity index (χ4v) is 2.31. The van der Waals surface area contributed by atoms with E-state index in [1.807, 2.05) is 6.92 Å². The van der Waals surface area contributed by atoms with Crippen LogP contribution in [0.5, 0.6) is 0 Å². The van der Waals surface area contributed by atoms with Gasteiger partial charge in [0.15, 0.2) is 0 Å². The number of halogens is 4. The summed E-state index contributed by atoms with van der Waals surface area (Å²) < 4.78 is 38.1. The molecule has 1 aromatic carbocycles. The monoisotopic (exact) mass is 350 g/mol. The summed E-state index contributed by atoms with van der Waals surface area (Å²) in [6.07, 6.45) is -0.364. The van der Waals surface area contributed by atoms with Crippen LogP contribution in [0.2, 0.25) is 5.02 Å². The average Bonchev–Trinajstić information content (AvgIpc) is 2.48. The maximum absolute atomic E-state index is 12.7. The zero-order valence-corrected chi connectivity index (χ0v) is 14.0. The first-order valence-electron chi connectivity index (χ1n) is 7.69. The standard InChI is InChI=1S/C16H22ClF3N2O/c1-3-5-6-11(4-2)10-21-15(23)22-14-9-12(16(18,19)20)7-8-13(14)17/h7-9,11H,3-6,10H2,1-2H3,(H2,21,22,23)/t11-/m0/s1. The molecule has 23 heavy (non-hydrogen) atoms. The largest absolute Gasteiger partial charge is 0.416 e. The lowest BCUT2D eigenvalue weighted by molar-refractivity contribution is -0.137. The lowest BCUT2D eigenvalue weighted by atomic mass is 9.99. The van der Waals surface area contributed by atoms with Crippen LogP contribution in [-0.4, -0.2) is 12.6 Å². The van der Waals surface area contributed by atoms with Gasteiger partial charge in [-0.05, 0) is 30.5 Å². The average molecular weight is 351 g/mol. The lowest BCUT2D eigenvalue weighted by Crippen LogP contribution is -2.33. The number of anilines is 1. The lowest BCUT2D eigenvalue weighted by Gasteiger charge is -2.16. The van der Waals surface area contributed by atoms with Crippen molar-refractivity contribution in [3.8, 4) is 0 Å². The molecule has 0 saturated carbocycles. The smallest absolute Gasteiger partial charge is 0.338 e. The number of hydrogen-bond donors (Lipinski definition) is 2. The van der Waals surface area contributed by atoms with Crippen LogP contribution < -0.4 is 10.6 Å². The van der Waals surface area contributed by atoms with Gasteiger partial charge >= 0.3 is 12.2 Å². The Morgan fingerprint density at radius 1 is 1.30 bits per heavy atom. The number of urea groups is 1. The first-order valence-corrected chi connectivity index (χ1v) is 8.07. The highest BCUT2D eigenvalue weighted by atomic mass is 35.5. The topological polar surface area (TPSA) is 41.1 Å². The Bertz CT molecular complexity index is 521. The predicted octanol–water partition coefficient (Wildman–Crippen LogP) is 5.70. The number of alkyl halides is 3. The Balaban J connectivity index is 2.63. The number of benzene rings is 1. The van der Waals surface area contributed by atoms with Crippen LogP contribution >= 0.6 is 11.6 Å². The number of nitrogens with one attached hydrogen (secondary N) is 2. The van der Waals surface area contributed by atoms with Crippen molar-refractivity contribution in [2.45, 2.75) is 45.7 Å². The van der Waals surface area contributed by atoms with Crippen LogP contribution in [0, 0.1) is 5.92 Å². The number of rotatable bonds is 7. The Morgan fingerprint density at radius 2 is 2.00 bits per heavy atom. The van der Waals surface area contributed by atoms with Gasteiger partial charge in [-0.3, -0.25) is 0 Å². The third-order valence-corrected chi connectivity index (χ3v) is 3.97. The molecule has 0 aliphatic heterocycles. The normalized spacial score (nSPS) is 12.8. The van der Waals surface area contributed by atoms with Crippen molar-refractivity contribution < 1.29 is 18.0 Å². The van der Waals surface area contributed by atoms with E-state index in [0.717, 1.165) is 43.9 Å². The fraction of sp³-hybridized carbons (Fsp3) is 0.562. The van der Waals surface area contributed by atoms with Gasteiger partial charge in [-0.25, -0.2) is 4.79 Å². The molecule has 0 radical (unpaired) electrons. The molecule has 0 bridgehead atoms. The van der Waals surface area contributed by atoms with Gasteiger partial charge in [-0.15, -0.1) is 0 Å². The molecule has 2 amide bonds. The van der Waals surface area contributed by atoms with Crippen LogP contribution in [0.3, 0.4) is 0 Å².